The van der Waals surface area contributed by atoms with E-state index in [0.717, 1.165) is 45.8 Å². The molecule has 1 aliphatic rings. The minimum Gasteiger partial charge on any atom is -0.496 e. The third-order valence-electron chi connectivity index (χ3n) is 4.58. The van der Waals surface area contributed by atoms with Crippen LogP contribution in [0.1, 0.15) is 23.1 Å². The average Bonchev–Trinajstić information content (AvgIpc) is 3.02. The number of aryl methyl sites for hydroxylation is 2. The summed E-state index contributed by atoms with van der Waals surface area (Å²) in [5.74, 6) is 0.881. The first kappa shape index (κ1) is 18.0. The summed E-state index contributed by atoms with van der Waals surface area (Å²) >= 11 is 3.49. The fourth-order valence-corrected chi connectivity index (χ4v) is 3.81. The molecule has 132 valence electrons. The molecule has 0 radical (unpaired) electrons. The van der Waals surface area contributed by atoms with Gasteiger partial charge in [-0.3, -0.25) is 4.79 Å². The Morgan fingerprint density at radius 2 is 2.00 bits per heavy atom. The Morgan fingerprint density at radius 1 is 1.20 bits per heavy atom. The third kappa shape index (κ3) is 4.61. The van der Waals surface area contributed by atoms with Gasteiger partial charge >= 0.3 is 0 Å². The molecule has 2 aromatic rings. The van der Waals surface area contributed by atoms with Gasteiger partial charge in [-0.1, -0.05) is 22.0 Å². The summed E-state index contributed by atoms with van der Waals surface area (Å²) in [7, 11) is 3.69. The predicted octanol–water partition coefficient (Wildman–Crippen LogP) is 2.60. The summed E-state index contributed by atoms with van der Waals surface area (Å²) in [5.41, 5.74) is 4.78. The number of quaternary nitrogens is 1. The highest BCUT2D eigenvalue weighted by molar-refractivity contribution is 9.10. The molecule has 0 aromatic heterocycles. The maximum atomic E-state index is 12.4. The van der Waals surface area contributed by atoms with Crippen molar-refractivity contribution in [2.45, 2.75) is 25.8 Å². The number of hydrogen-bond acceptors (Lipinski definition) is 2. The molecule has 1 atom stereocenters. The van der Waals surface area contributed by atoms with Gasteiger partial charge in [0.25, 0.3) is 5.91 Å². The summed E-state index contributed by atoms with van der Waals surface area (Å²) in [5, 5.41) is 3.03. The van der Waals surface area contributed by atoms with Crippen LogP contribution in [0.25, 0.3) is 0 Å². The van der Waals surface area contributed by atoms with E-state index in [0.29, 0.717) is 6.54 Å². The highest BCUT2D eigenvalue weighted by Crippen LogP contribution is 2.25. The number of methoxy groups -OCH3 is 1. The smallest absolute Gasteiger partial charge is 0.279 e. The molecule has 25 heavy (non-hydrogen) atoms. The van der Waals surface area contributed by atoms with E-state index in [-0.39, 0.29) is 5.91 Å². The molecular formula is C20H24BrN2O2+. The number of carbonyl (C=O) groups is 1. The number of amides is 1. The number of ether oxygens (including phenoxy) is 1. The second-order valence-electron chi connectivity index (χ2n) is 6.65. The van der Waals surface area contributed by atoms with Crippen LogP contribution < -0.4 is 15.0 Å². The second kappa shape index (κ2) is 8.02. The summed E-state index contributed by atoms with van der Waals surface area (Å²) in [6, 6.07) is 12.2. The van der Waals surface area contributed by atoms with Gasteiger partial charge in [0, 0.05) is 15.7 Å². The van der Waals surface area contributed by atoms with Crippen LogP contribution in [0.15, 0.2) is 40.9 Å². The van der Waals surface area contributed by atoms with Gasteiger partial charge in [0.2, 0.25) is 0 Å². The standard InChI is InChI=1S/C20H23BrN2O2/c1-23(12-16-10-17(21)7-9-19(16)25-2)13-20(24)22-18-8-6-14-4-3-5-15(14)11-18/h6-11H,3-5,12-13H2,1-2H3,(H,22,24)/p+1. The molecule has 1 amide bonds. The Hall–Kier alpha value is -1.85. The molecule has 0 fully saturated rings. The number of anilines is 1. The van der Waals surface area contributed by atoms with Crippen molar-refractivity contribution < 1.29 is 14.4 Å². The number of nitrogens with one attached hydrogen (secondary N) is 2. The maximum absolute atomic E-state index is 12.4. The van der Waals surface area contributed by atoms with Crippen molar-refractivity contribution in [2.24, 2.45) is 0 Å². The van der Waals surface area contributed by atoms with Gasteiger partial charge in [0.05, 0.1) is 14.2 Å². The van der Waals surface area contributed by atoms with Crippen molar-refractivity contribution in [3.05, 3.63) is 57.6 Å². The van der Waals surface area contributed by atoms with Crippen LogP contribution in [0.2, 0.25) is 0 Å². The quantitative estimate of drug-likeness (QED) is 0.778. The van der Waals surface area contributed by atoms with Crippen molar-refractivity contribution >= 4 is 27.5 Å². The predicted molar refractivity (Wildman–Crippen MR) is 103 cm³/mol. The lowest BCUT2D eigenvalue weighted by Crippen LogP contribution is -3.08. The van der Waals surface area contributed by atoms with Crippen molar-refractivity contribution in [1.29, 1.82) is 0 Å². The molecule has 0 saturated heterocycles. The normalized spacial score (nSPS) is 14.0. The van der Waals surface area contributed by atoms with Crippen molar-refractivity contribution in [3.63, 3.8) is 0 Å². The molecule has 2 aromatic carbocycles. The molecule has 3 rings (SSSR count). The minimum atomic E-state index is 0.0319. The number of rotatable bonds is 6. The minimum absolute atomic E-state index is 0.0319. The number of likely N-dealkylation sites (N-methyl/N-ethyl adjacent to an activating group) is 1. The molecule has 1 aliphatic carbocycles. The molecule has 0 heterocycles. The lowest BCUT2D eigenvalue weighted by atomic mass is 10.1. The Labute approximate surface area is 157 Å². The van der Waals surface area contributed by atoms with Gasteiger partial charge in [-0.25, -0.2) is 0 Å². The van der Waals surface area contributed by atoms with Crippen LogP contribution in [-0.4, -0.2) is 26.6 Å². The zero-order chi connectivity index (χ0) is 17.8. The molecule has 4 nitrogen and oxygen atoms in total. The fraction of sp³-hybridized carbons (Fsp3) is 0.350. The van der Waals surface area contributed by atoms with E-state index in [2.05, 4.69) is 33.4 Å². The molecule has 2 N–H and O–H groups in total. The van der Waals surface area contributed by atoms with Gasteiger partial charge in [0.1, 0.15) is 12.3 Å². The summed E-state index contributed by atoms with van der Waals surface area (Å²) in [4.78, 5) is 13.5. The van der Waals surface area contributed by atoms with Crippen molar-refractivity contribution in [1.82, 2.24) is 0 Å². The Morgan fingerprint density at radius 3 is 2.80 bits per heavy atom. The zero-order valence-electron chi connectivity index (χ0n) is 14.7. The fourth-order valence-electron chi connectivity index (χ4n) is 3.40. The first-order valence-corrected chi connectivity index (χ1v) is 9.40. The first-order valence-electron chi connectivity index (χ1n) is 8.60. The average molecular weight is 404 g/mol. The molecule has 0 spiro atoms. The molecule has 0 bridgehead atoms. The largest absolute Gasteiger partial charge is 0.496 e. The van der Waals surface area contributed by atoms with Crippen molar-refractivity contribution in [2.75, 3.05) is 26.0 Å². The number of halogens is 1. The monoisotopic (exact) mass is 403 g/mol. The molecule has 0 aliphatic heterocycles. The first-order chi connectivity index (χ1) is 12.0. The highest BCUT2D eigenvalue weighted by Gasteiger charge is 2.15. The molecule has 1 unspecified atom stereocenters. The van der Waals surface area contributed by atoms with Crippen LogP contribution in [0.5, 0.6) is 5.75 Å². The Balaban J connectivity index is 1.58. The van der Waals surface area contributed by atoms with E-state index < -0.39 is 0 Å². The van der Waals surface area contributed by atoms with E-state index in [1.54, 1.807) is 7.11 Å². The van der Waals surface area contributed by atoms with Crippen LogP contribution in [0.3, 0.4) is 0 Å². The SMILES string of the molecule is COc1ccc(Br)cc1C[NH+](C)CC(=O)Nc1ccc2c(c1)CCC2. The number of carbonyl (C=O) groups excluding carboxylic acids is 1. The van der Waals surface area contributed by atoms with Crippen LogP contribution in [0.4, 0.5) is 5.69 Å². The van der Waals surface area contributed by atoms with Crippen LogP contribution in [0, 0.1) is 0 Å². The van der Waals surface area contributed by atoms with E-state index in [9.17, 15) is 4.79 Å². The summed E-state index contributed by atoms with van der Waals surface area (Å²) in [6.45, 7) is 1.13. The topological polar surface area (TPSA) is 42.8 Å². The van der Waals surface area contributed by atoms with Gasteiger partial charge in [0.15, 0.2) is 6.54 Å². The van der Waals surface area contributed by atoms with E-state index >= 15 is 0 Å². The highest BCUT2D eigenvalue weighted by atomic mass is 79.9. The molecule has 0 saturated carbocycles. The van der Waals surface area contributed by atoms with E-state index in [1.165, 1.54) is 17.5 Å². The van der Waals surface area contributed by atoms with Gasteiger partial charge in [-0.05, 0) is 60.7 Å². The zero-order valence-corrected chi connectivity index (χ0v) is 16.3. The van der Waals surface area contributed by atoms with Gasteiger partial charge in [-0.2, -0.15) is 0 Å². The van der Waals surface area contributed by atoms with Crippen LogP contribution >= 0.6 is 15.9 Å². The van der Waals surface area contributed by atoms with Crippen LogP contribution in [-0.2, 0) is 24.2 Å². The molecule has 5 heteroatoms. The third-order valence-corrected chi connectivity index (χ3v) is 5.07. The van der Waals surface area contributed by atoms with E-state index in [1.807, 2.05) is 31.3 Å². The Kier molecular flexibility index (Phi) is 5.76. The lowest BCUT2D eigenvalue weighted by molar-refractivity contribution is -0.885. The summed E-state index contributed by atoms with van der Waals surface area (Å²) in [6.07, 6.45) is 3.49. The molecular weight excluding hydrogens is 380 g/mol. The second-order valence-corrected chi connectivity index (χ2v) is 7.57. The van der Waals surface area contributed by atoms with Gasteiger partial charge < -0.3 is 15.0 Å². The summed E-state index contributed by atoms with van der Waals surface area (Å²) < 4.78 is 6.42. The number of hydrogen-bond donors (Lipinski definition) is 2. The van der Waals surface area contributed by atoms with Gasteiger partial charge in [-0.15, -0.1) is 0 Å². The van der Waals surface area contributed by atoms with Crippen molar-refractivity contribution in [3.8, 4) is 5.75 Å². The maximum Gasteiger partial charge on any atom is 0.279 e. The number of fused-ring (bicyclic) bond motifs is 1. The number of benzene rings is 2. The van der Waals surface area contributed by atoms with E-state index in [4.69, 9.17) is 4.74 Å². The lowest BCUT2D eigenvalue weighted by Gasteiger charge is -2.16. The Bertz CT molecular complexity index is 776.